The van der Waals surface area contributed by atoms with Crippen molar-refractivity contribution in [2.45, 2.75) is 25.1 Å². The van der Waals surface area contributed by atoms with Crippen molar-refractivity contribution < 1.29 is 17.9 Å². The van der Waals surface area contributed by atoms with Crippen LogP contribution in [0.4, 0.5) is 13.2 Å². The Morgan fingerprint density at radius 3 is 2.37 bits per heavy atom. The minimum atomic E-state index is -4.29. The molecule has 5 heteroatoms. The Kier molecular flexibility index (Phi) is 4.14. The van der Waals surface area contributed by atoms with Crippen LogP contribution >= 0.6 is 0 Å². The van der Waals surface area contributed by atoms with E-state index in [4.69, 9.17) is 4.74 Å². The van der Waals surface area contributed by atoms with Crippen molar-refractivity contribution in [1.82, 2.24) is 5.32 Å². The molecule has 2 rings (SSSR count). The molecule has 2 nitrogen and oxygen atoms in total. The fraction of sp³-hybridized carbons (Fsp3) is 0.429. The summed E-state index contributed by atoms with van der Waals surface area (Å²) in [5.41, 5.74) is 1.25. The van der Waals surface area contributed by atoms with Crippen LogP contribution in [0.5, 0.6) is 0 Å². The lowest BCUT2D eigenvalue weighted by Crippen LogP contribution is -2.21. The summed E-state index contributed by atoms with van der Waals surface area (Å²) < 4.78 is 42.8. The first-order valence-corrected chi connectivity index (χ1v) is 6.17. The molecular formula is C14H16F3NO. The van der Waals surface area contributed by atoms with Gasteiger partial charge in [-0.25, -0.2) is 0 Å². The van der Waals surface area contributed by atoms with Crippen LogP contribution in [0.3, 0.4) is 0 Å². The van der Waals surface area contributed by atoms with Crippen LogP contribution in [0.15, 0.2) is 36.1 Å². The second kappa shape index (κ2) is 5.65. The molecule has 0 radical (unpaired) electrons. The Bertz CT molecular complexity index is 451. The van der Waals surface area contributed by atoms with Gasteiger partial charge >= 0.3 is 6.18 Å². The van der Waals surface area contributed by atoms with Crippen LogP contribution in [0.1, 0.15) is 30.0 Å². The van der Waals surface area contributed by atoms with Crippen LogP contribution in [0.25, 0.3) is 0 Å². The topological polar surface area (TPSA) is 21.3 Å². The fourth-order valence-corrected chi connectivity index (χ4v) is 2.23. The highest BCUT2D eigenvalue weighted by atomic mass is 19.4. The molecule has 1 aromatic carbocycles. The van der Waals surface area contributed by atoms with Crippen LogP contribution in [0, 0.1) is 0 Å². The molecule has 1 N–H and O–H groups in total. The lowest BCUT2D eigenvalue weighted by atomic mass is 9.95. The molecule has 19 heavy (non-hydrogen) atoms. The van der Waals surface area contributed by atoms with Gasteiger partial charge in [-0.15, -0.1) is 0 Å². The average molecular weight is 271 g/mol. The smallest absolute Gasteiger partial charge is 0.416 e. The van der Waals surface area contributed by atoms with E-state index in [0.29, 0.717) is 6.61 Å². The van der Waals surface area contributed by atoms with Crippen molar-refractivity contribution in [2.24, 2.45) is 0 Å². The number of hydrogen-bond donors (Lipinski definition) is 1. The minimum absolute atomic E-state index is 0.0948. The summed E-state index contributed by atoms with van der Waals surface area (Å²) in [5, 5.41) is 3.12. The maximum absolute atomic E-state index is 12.5. The summed E-state index contributed by atoms with van der Waals surface area (Å²) in [7, 11) is 1.79. The summed E-state index contributed by atoms with van der Waals surface area (Å²) in [5.74, 6) is 0. The Labute approximate surface area is 110 Å². The molecule has 0 bridgehead atoms. The highest BCUT2D eigenvalue weighted by Gasteiger charge is 2.30. The number of benzene rings is 1. The SMILES string of the molecule is CNC(C1=COCCC1)c1ccc(C(F)(F)F)cc1. The van der Waals surface area contributed by atoms with Gasteiger partial charge in [-0.1, -0.05) is 12.1 Å². The van der Waals surface area contributed by atoms with Gasteiger partial charge in [-0.2, -0.15) is 13.2 Å². The van der Waals surface area contributed by atoms with E-state index in [9.17, 15) is 13.2 Å². The first-order valence-electron chi connectivity index (χ1n) is 6.17. The molecule has 0 spiro atoms. The third-order valence-electron chi connectivity index (χ3n) is 3.19. The van der Waals surface area contributed by atoms with Gasteiger partial charge in [0.2, 0.25) is 0 Å². The number of hydrogen-bond acceptors (Lipinski definition) is 2. The molecule has 1 atom stereocenters. The molecule has 0 aromatic heterocycles. The minimum Gasteiger partial charge on any atom is -0.501 e. The average Bonchev–Trinajstić information content (AvgIpc) is 2.40. The molecule has 0 saturated heterocycles. The normalized spacial score (nSPS) is 17.6. The number of rotatable bonds is 3. The second-order valence-electron chi connectivity index (χ2n) is 4.51. The van der Waals surface area contributed by atoms with Crippen molar-refractivity contribution in [3.63, 3.8) is 0 Å². The molecule has 0 saturated carbocycles. The molecule has 1 aliphatic heterocycles. The molecule has 1 aliphatic rings. The monoisotopic (exact) mass is 271 g/mol. The third-order valence-corrected chi connectivity index (χ3v) is 3.19. The molecule has 0 amide bonds. The van der Waals surface area contributed by atoms with E-state index in [0.717, 1.165) is 36.1 Å². The summed E-state index contributed by atoms with van der Waals surface area (Å²) >= 11 is 0. The van der Waals surface area contributed by atoms with Gasteiger partial charge in [-0.05, 0) is 43.2 Å². The van der Waals surface area contributed by atoms with Crippen LogP contribution in [-0.2, 0) is 10.9 Å². The van der Waals surface area contributed by atoms with Crippen LogP contribution < -0.4 is 5.32 Å². The van der Waals surface area contributed by atoms with Crippen LogP contribution in [0.2, 0.25) is 0 Å². The molecule has 1 heterocycles. The molecule has 0 aliphatic carbocycles. The lowest BCUT2D eigenvalue weighted by molar-refractivity contribution is -0.137. The molecular weight excluding hydrogens is 255 g/mol. The van der Waals surface area contributed by atoms with Gasteiger partial charge in [0.15, 0.2) is 0 Å². The maximum atomic E-state index is 12.5. The predicted molar refractivity (Wildman–Crippen MR) is 66.5 cm³/mol. The third kappa shape index (κ3) is 3.29. The zero-order chi connectivity index (χ0) is 13.9. The standard InChI is InChI=1S/C14H16F3NO/c1-18-13(11-3-2-8-19-9-11)10-4-6-12(7-5-10)14(15,16)17/h4-7,9,13,18H,2-3,8H2,1H3. The fourth-order valence-electron chi connectivity index (χ4n) is 2.23. The Morgan fingerprint density at radius 2 is 1.89 bits per heavy atom. The first kappa shape index (κ1) is 13.9. The number of alkyl halides is 3. The molecule has 1 unspecified atom stereocenters. The summed E-state index contributed by atoms with van der Waals surface area (Å²) in [6.07, 6.45) is -0.750. The Balaban J connectivity index is 2.22. The van der Waals surface area contributed by atoms with Gasteiger partial charge < -0.3 is 10.1 Å². The van der Waals surface area contributed by atoms with E-state index in [1.54, 1.807) is 13.3 Å². The van der Waals surface area contributed by atoms with Crippen molar-refractivity contribution in [1.29, 1.82) is 0 Å². The number of ether oxygens (including phenoxy) is 1. The van der Waals surface area contributed by atoms with Gasteiger partial charge in [-0.3, -0.25) is 0 Å². The number of likely N-dealkylation sites (N-methyl/N-ethyl adjacent to an activating group) is 1. The van der Waals surface area contributed by atoms with E-state index in [-0.39, 0.29) is 6.04 Å². The van der Waals surface area contributed by atoms with Gasteiger partial charge in [0, 0.05) is 0 Å². The second-order valence-corrected chi connectivity index (χ2v) is 4.51. The highest BCUT2D eigenvalue weighted by Crippen LogP contribution is 2.32. The Hall–Kier alpha value is -1.49. The number of halogens is 3. The van der Waals surface area contributed by atoms with E-state index >= 15 is 0 Å². The van der Waals surface area contributed by atoms with Gasteiger partial charge in [0.05, 0.1) is 24.5 Å². The van der Waals surface area contributed by atoms with Crippen LogP contribution in [-0.4, -0.2) is 13.7 Å². The zero-order valence-electron chi connectivity index (χ0n) is 10.6. The van der Waals surface area contributed by atoms with Gasteiger partial charge in [0.25, 0.3) is 0 Å². The lowest BCUT2D eigenvalue weighted by Gasteiger charge is -2.23. The van der Waals surface area contributed by atoms with Crippen molar-refractivity contribution in [2.75, 3.05) is 13.7 Å². The summed E-state index contributed by atoms with van der Waals surface area (Å²) in [6.45, 7) is 0.701. The maximum Gasteiger partial charge on any atom is 0.416 e. The number of nitrogens with one attached hydrogen (secondary N) is 1. The predicted octanol–water partition coefficient (Wildman–Crippen LogP) is 3.66. The summed E-state index contributed by atoms with van der Waals surface area (Å²) in [4.78, 5) is 0. The van der Waals surface area contributed by atoms with E-state index in [1.807, 2.05) is 0 Å². The first-order chi connectivity index (χ1) is 9.02. The molecule has 0 fully saturated rings. The van der Waals surface area contributed by atoms with E-state index in [2.05, 4.69) is 5.32 Å². The van der Waals surface area contributed by atoms with E-state index in [1.165, 1.54) is 12.1 Å². The Morgan fingerprint density at radius 1 is 1.21 bits per heavy atom. The van der Waals surface area contributed by atoms with Crippen molar-refractivity contribution in [3.8, 4) is 0 Å². The van der Waals surface area contributed by atoms with Crippen molar-refractivity contribution >= 4 is 0 Å². The quantitative estimate of drug-likeness (QED) is 0.905. The van der Waals surface area contributed by atoms with E-state index < -0.39 is 11.7 Å². The highest BCUT2D eigenvalue weighted by molar-refractivity contribution is 5.32. The van der Waals surface area contributed by atoms with Crippen molar-refractivity contribution in [3.05, 3.63) is 47.2 Å². The molecule has 104 valence electrons. The molecule has 1 aromatic rings. The zero-order valence-corrected chi connectivity index (χ0v) is 10.6. The summed E-state index contributed by atoms with van der Waals surface area (Å²) in [6, 6.07) is 5.16. The van der Waals surface area contributed by atoms with Gasteiger partial charge in [0.1, 0.15) is 0 Å². The largest absolute Gasteiger partial charge is 0.501 e.